The van der Waals surface area contributed by atoms with E-state index in [2.05, 4.69) is 20.9 Å². The van der Waals surface area contributed by atoms with E-state index in [4.69, 9.17) is 14.2 Å². The number of hydrogen-bond donors (Lipinski definition) is 6. The molecule has 1 aliphatic heterocycles. The number of aliphatic hydroxyl groups excluding tert-OH is 4. The van der Waals surface area contributed by atoms with Gasteiger partial charge in [-0.05, 0) is 24.8 Å². The fourth-order valence-corrected chi connectivity index (χ4v) is 4.52. The minimum atomic E-state index is -2.10. The summed E-state index contributed by atoms with van der Waals surface area (Å²) >= 11 is 0. The van der Waals surface area contributed by atoms with Crippen LogP contribution in [0.2, 0.25) is 0 Å². The summed E-state index contributed by atoms with van der Waals surface area (Å²) in [6.45, 7) is 0.868. The highest BCUT2D eigenvalue weighted by Crippen LogP contribution is 2.36. The maximum Gasteiger partial charge on any atom is 0.407 e. The van der Waals surface area contributed by atoms with Crippen molar-refractivity contribution in [3.8, 4) is 0 Å². The Morgan fingerprint density at radius 3 is 2.61 bits per heavy atom. The Kier molecular flexibility index (Phi) is 11.5. The lowest BCUT2D eigenvalue weighted by molar-refractivity contribution is -0.260. The molecule has 15 nitrogen and oxygen atoms in total. The molecule has 15 heteroatoms. The summed E-state index contributed by atoms with van der Waals surface area (Å²) in [5, 5.41) is 54.2. The molecule has 226 valence electrons. The van der Waals surface area contributed by atoms with E-state index in [1.165, 1.54) is 13.1 Å². The van der Waals surface area contributed by atoms with Gasteiger partial charge in [0.1, 0.15) is 24.9 Å². The lowest BCUT2D eigenvalue weighted by atomic mass is 9.87. The van der Waals surface area contributed by atoms with Gasteiger partial charge in [-0.25, -0.2) is 14.3 Å². The summed E-state index contributed by atoms with van der Waals surface area (Å²) in [5.74, 6) is -1.52. The molecule has 6 N–H and O–H groups in total. The summed E-state index contributed by atoms with van der Waals surface area (Å²) in [7, 11) is 1.10. The third-order valence-electron chi connectivity index (χ3n) is 6.63. The SMILES string of the molecule is COC(=O)C1(n2cc(CCCCNC(=O)OCc3ccccc3)nn2)CC(O)C(NC(C)=O)C([C@@H](O)[C@H](O)CO)O1. The van der Waals surface area contributed by atoms with E-state index in [-0.39, 0.29) is 6.61 Å². The van der Waals surface area contributed by atoms with Gasteiger partial charge >= 0.3 is 12.1 Å². The van der Waals surface area contributed by atoms with Crippen molar-refractivity contribution < 1.29 is 49.0 Å². The molecule has 1 aromatic carbocycles. The van der Waals surface area contributed by atoms with Crippen LogP contribution in [-0.4, -0.2) is 104 Å². The summed E-state index contributed by atoms with van der Waals surface area (Å²) in [4.78, 5) is 36.6. The Balaban J connectivity index is 1.63. The van der Waals surface area contributed by atoms with E-state index < -0.39 is 67.2 Å². The first-order chi connectivity index (χ1) is 19.6. The number of ether oxygens (including phenoxy) is 3. The number of unbranched alkanes of at least 4 members (excludes halogenated alkanes) is 1. The van der Waals surface area contributed by atoms with Crippen LogP contribution in [0.4, 0.5) is 4.79 Å². The number of nitrogens with one attached hydrogen (secondary N) is 2. The maximum atomic E-state index is 13.0. The van der Waals surface area contributed by atoms with Crippen LogP contribution in [0.5, 0.6) is 0 Å². The molecular weight excluding hydrogens is 542 g/mol. The van der Waals surface area contributed by atoms with Crippen LogP contribution >= 0.6 is 0 Å². The Hall–Kier alpha value is -3.63. The van der Waals surface area contributed by atoms with Gasteiger partial charge < -0.3 is 45.3 Å². The molecule has 0 spiro atoms. The normalized spacial score (nSPS) is 23.7. The molecule has 0 bridgehead atoms. The number of carbonyl (C=O) groups excluding carboxylic acids is 3. The molecule has 0 radical (unpaired) electrons. The Morgan fingerprint density at radius 1 is 1.22 bits per heavy atom. The first kappa shape index (κ1) is 31.9. The summed E-state index contributed by atoms with van der Waals surface area (Å²) < 4.78 is 17.1. The van der Waals surface area contributed by atoms with Crippen LogP contribution in [0, 0.1) is 0 Å². The van der Waals surface area contributed by atoms with E-state index in [1.807, 2.05) is 30.3 Å². The first-order valence-electron chi connectivity index (χ1n) is 13.2. The number of rotatable bonds is 13. The van der Waals surface area contributed by atoms with Gasteiger partial charge in [0.2, 0.25) is 5.91 Å². The lowest BCUT2D eigenvalue weighted by Crippen LogP contribution is -2.67. The highest BCUT2D eigenvalue weighted by atomic mass is 16.6. The Labute approximate surface area is 236 Å². The molecule has 2 amide bonds. The molecule has 1 fully saturated rings. The highest BCUT2D eigenvalue weighted by Gasteiger charge is 2.57. The van der Waals surface area contributed by atoms with Crippen LogP contribution in [-0.2, 0) is 42.6 Å². The van der Waals surface area contributed by atoms with Crippen molar-refractivity contribution in [2.24, 2.45) is 0 Å². The minimum Gasteiger partial charge on any atom is -0.465 e. The summed E-state index contributed by atoms with van der Waals surface area (Å²) in [6, 6.07) is 8.06. The predicted octanol–water partition coefficient (Wildman–Crippen LogP) is -1.28. The van der Waals surface area contributed by atoms with Gasteiger partial charge in [-0.2, -0.15) is 0 Å². The smallest absolute Gasteiger partial charge is 0.407 e. The minimum absolute atomic E-state index is 0.164. The van der Waals surface area contributed by atoms with Crippen LogP contribution in [0.25, 0.3) is 0 Å². The molecule has 1 aliphatic rings. The van der Waals surface area contributed by atoms with E-state index in [0.29, 0.717) is 31.5 Å². The summed E-state index contributed by atoms with van der Waals surface area (Å²) in [6.07, 6.45) is -4.41. The molecule has 41 heavy (non-hydrogen) atoms. The largest absolute Gasteiger partial charge is 0.465 e. The van der Waals surface area contributed by atoms with Gasteiger partial charge in [-0.3, -0.25) is 4.79 Å². The number of hydrogen-bond acceptors (Lipinski definition) is 12. The van der Waals surface area contributed by atoms with E-state index in [1.54, 1.807) is 0 Å². The monoisotopic (exact) mass is 579 g/mol. The Bertz CT molecular complexity index is 1150. The van der Waals surface area contributed by atoms with E-state index >= 15 is 0 Å². The zero-order valence-corrected chi connectivity index (χ0v) is 22.9. The van der Waals surface area contributed by atoms with Gasteiger partial charge in [-0.1, -0.05) is 35.5 Å². The number of nitrogens with zero attached hydrogens (tertiary/aromatic N) is 3. The second-order valence-electron chi connectivity index (χ2n) is 9.70. The van der Waals surface area contributed by atoms with Crippen LogP contribution in [0.1, 0.15) is 37.4 Å². The van der Waals surface area contributed by atoms with Crippen LogP contribution in [0.15, 0.2) is 36.5 Å². The predicted molar refractivity (Wildman–Crippen MR) is 140 cm³/mol. The molecular formula is C26H37N5O10. The third-order valence-corrected chi connectivity index (χ3v) is 6.63. The quantitative estimate of drug-likeness (QED) is 0.121. The molecule has 1 saturated heterocycles. The Morgan fingerprint density at radius 2 is 1.95 bits per heavy atom. The maximum absolute atomic E-state index is 13.0. The number of aromatic nitrogens is 3. The number of aliphatic hydroxyl groups is 4. The average Bonchev–Trinajstić information content (AvgIpc) is 3.45. The van der Waals surface area contributed by atoms with Crippen molar-refractivity contribution >= 4 is 18.0 Å². The van der Waals surface area contributed by atoms with Crippen molar-refractivity contribution in [2.75, 3.05) is 20.3 Å². The molecule has 6 atom stereocenters. The summed E-state index contributed by atoms with van der Waals surface area (Å²) in [5.41, 5.74) is -0.755. The highest BCUT2D eigenvalue weighted by molar-refractivity contribution is 5.77. The second kappa shape index (κ2) is 14.8. The van der Waals surface area contributed by atoms with Gasteiger partial charge in [0, 0.05) is 19.9 Å². The van der Waals surface area contributed by atoms with E-state index in [0.717, 1.165) is 17.4 Å². The van der Waals surface area contributed by atoms with Crippen molar-refractivity contribution in [3.05, 3.63) is 47.8 Å². The average molecular weight is 580 g/mol. The van der Waals surface area contributed by atoms with E-state index in [9.17, 15) is 34.8 Å². The molecule has 2 aromatic rings. The van der Waals surface area contributed by atoms with Gasteiger partial charge in [0.15, 0.2) is 0 Å². The number of methoxy groups -OCH3 is 1. The number of esters is 1. The zero-order chi connectivity index (χ0) is 30.0. The van der Waals surface area contributed by atoms with Crippen molar-refractivity contribution in [3.63, 3.8) is 0 Å². The fourth-order valence-electron chi connectivity index (χ4n) is 4.52. The topological polar surface area (TPSA) is 215 Å². The van der Waals surface area contributed by atoms with Crippen molar-refractivity contribution in [1.29, 1.82) is 0 Å². The van der Waals surface area contributed by atoms with Crippen molar-refractivity contribution in [1.82, 2.24) is 25.6 Å². The molecule has 0 saturated carbocycles. The zero-order valence-electron chi connectivity index (χ0n) is 22.9. The first-order valence-corrected chi connectivity index (χ1v) is 13.2. The van der Waals surface area contributed by atoms with Crippen LogP contribution in [0.3, 0.4) is 0 Å². The number of carbonyl (C=O) groups is 3. The number of amides is 2. The van der Waals surface area contributed by atoms with Gasteiger partial charge in [0.05, 0.1) is 37.8 Å². The lowest BCUT2D eigenvalue weighted by Gasteiger charge is -2.47. The second-order valence-corrected chi connectivity index (χ2v) is 9.70. The standard InChI is InChI=1S/C26H37N5O10/c1-16(33)28-21-19(34)12-26(24(37)39-2,41-23(21)22(36)20(35)14-32)31-13-18(29-30-31)10-6-7-11-27-25(38)40-15-17-8-4-3-5-9-17/h3-5,8-9,13,19-23,32,34-36H,6-7,10-12,14-15H2,1-2H3,(H,27,38)(H,28,33)/t19?,20-,21?,22+,23?,26?/m1/s1. The molecule has 3 rings (SSSR count). The van der Waals surface area contributed by atoms with Gasteiger partial charge in [0.25, 0.3) is 5.72 Å². The van der Waals surface area contributed by atoms with Gasteiger partial charge in [-0.15, -0.1) is 5.10 Å². The number of benzene rings is 1. The molecule has 4 unspecified atom stereocenters. The molecule has 1 aromatic heterocycles. The number of aryl methyl sites for hydroxylation is 1. The number of alkyl carbamates (subject to hydrolysis) is 1. The van der Waals surface area contributed by atoms with Crippen LogP contribution < -0.4 is 10.6 Å². The third kappa shape index (κ3) is 8.20. The molecule has 0 aliphatic carbocycles. The fraction of sp³-hybridized carbons (Fsp3) is 0.577. The molecule has 2 heterocycles. The van der Waals surface area contributed by atoms with Crippen molar-refractivity contribution in [2.45, 2.75) is 75.4 Å².